The second kappa shape index (κ2) is 10.2. The van der Waals surface area contributed by atoms with E-state index < -0.39 is 6.10 Å². The van der Waals surface area contributed by atoms with Crippen molar-refractivity contribution >= 4 is 15.9 Å². The molecule has 0 aliphatic carbocycles. The molecule has 0 unspecified atom stereocenters. The topological polar surface area (TPSA) is 79.2 Å². The van der Waals surface area contributed by atoms with Crippen molar-refractivity contribution in [3.8, 4) is 0 Å². The average molecular weight is 481 g/mol. The number of hydrogen-bond acceptors (Lipinski definition) is 6. The second-order valence-corrected chi connectivity index (χ2v) is 12.0. The van der Waals surface area contributed by atoms with Gasteiger partial charge in [-0.25, -0.2) is 0 Å². The summed E-state index contributed by atoms with van der Waals surface area (Å²) in [6, 6.07) is 0. The number of halogens is 1. The molecule has 0 aromatic rings. The van der Waals surface area contributed by atoms with Crippen LogP contribution in [0.1, 0.15) is 93.9 Å². The molecule has 0 spiro atoms. The summed E-state index contributed by atoms with van der Waals surface area (Å²) in [5.74, 6) is 0. The van der Waals surface area contributed by atoms with Gasteiger partial charge in [-0.05, 0) is 93.9 Å². The SMILES string of the molecule is CC1(C)CC(OCCCCBr)CC(C)(C)N1O.CC1(C)CC([O-])CC(C)(C)N1O. The Morgan fingerprint density at radius 2 is 1.17 bits per heavy atom. The summed E-state index contributed by atoms with van der Waals surface area (Å²) in [5.41, 5.74) is -1.17. The monoisotopic (exact) mass is 479 g/mol. The van der Waals surface area contributed by atoms with Gasteiger partial charge in [0.1, 0.15) is 0 Å². The van der Waals surface area contributed by atoms with Crippen LogP contribution in [0, 0.1) is 0 Å². The zero-order valence-corrected chi connectivity index (χ0v) is 21.4. The molecule has 0 amide bonds. The predicted octanol–water partition coefficient (Wildman–Crippen LogP) is 4.35. The van der Waals surface area contributed by atoms with Crippen LogP contribution in [0.15, 0.2) is 0 Å². The zero-order chi connectivity index (χ0) is 22.7. The van der Waals surface area contributed by atoms with Crippen LogP contribution in [0.5, 0.6) is 0 Å². The lowest BCUT2D eigenvalue weighted by Gasteiger charge is -2.53. The highest BCUT2D eigenvalue weighted by Crippen LogP contribution is 2.38. The quantitative estimate of drug-likeness (QED) is 0.450. The molecule has 7 heteroatoms. The van der Waals surface area contributed by atoms with Gasteiger partial charge in [0.05, 0.1) is 6.10 Å². The van der Waals surface area contributed by atoms with Gasteiger partial charge in [0.25, 0.3) is 0 Å². The van der Waals surface area contributed by atoms with Crippen molar-refractivity contribution in [1.29, 1.82) is 0 Å². The van der Waals surface area contributed by atoms with Crippen LogP contribution >= 0.6 is 15.9 Å². The van der Waals surface area contributed by atoms with Crippen molar-refractivity contribution in [2.45, 2.75) is 128 Å². The fourth-order valence-electron chi connectivity index (χ4n) is 4.92. The average Bonchev–Trinajstić information content (AvgIpc) is 2.54. The zero-order valence-electron chi connectivity index (χ0n) is 19.8. The van der Waals surface area contributed by atoms with Crippen LogP contribution < -0.4 is 5.11 Å². The van der Waals surface area contributed by atoms with Crippen LogP contribution in [0.3, 0.4) is 0 Å². The van der Waals surface area contributed by atoms with E-state index in [1.165, 1.54) is 10.1 Å². The Hall–Kier alpha value is 0.240. The highest BCUT2D eigenvalue weighted by atomic mass is 79.9. The third-order valence-corrected chi connectivity index (χ3v) is 6.64. The third-order valence-electron chi connectivity index (χ3n) is 6.08. The maximum absolute atomic E-state index is 11.4. The fourth-order valence-corrected chi connectivity index (χ4v) is 5.32. The smallest absolute Gasteiger partial charge is 0.0611 e. The van der Waals surface area contributed by atoms with Gasteiger partial charge in [-0.1, -0.05) is 15.9 Å². The van der Waals surface area contributed by atoms with Crippen molar-refractivity contribution in [3.63, 3.8) is 0 Å². The molecular formula is C22H44BrN2O4-. The van der Waals surface area contributed by atoms with E-state index in [0.29, 0.717) is 12.8 Å². The van der Waals surface area contributed by atoms with Gasteiger partial charge in [0, 0.05) is 34.1 Å². The maximum Gasteiger partial charge on any atom is 0.0611 e. The van der Waals surface area contributed by atoms with E-state index in [2.05, 4.69) is 43.6 Å². The van der Waals surface area contributed by atoms with E-state index in [-0.39, 0.29) is 28.3 Å². The predicted molar refractivity (Wildman–Crippen MR) is 119 cm³/mol. The summed E-state index contributed by atoms with van der Waals surface area (Å²) < 4.78 is 5.95. The lowest BCUT2D eigenvalue weighted by Crippen LogP contribution is -2.62. The second-order valence-electron chi connectivity index (χ2n) is 11.2. The molecule has 29 heavy (non-hydrogen) atoms. The van der Waals surface area contributed by atoms with Crippen molar-refractivity contribution in [2.24, 2.45) is 0 Å². The summed E-state index contributed by atoms with van der Waals surface area (Å²) in [6.07, 6.45) is 4.80. The number of unbranched alkanes of at least 4 members (excludes halogenated alkanes) is 1. The van der Waals surface area contributed by atoms with Crippen LogP contribution in [0.2, 0.25) is 0 Å². The molecule has 2 saturated heterocycles. The van der Waals surface area contributed by atoms with E-state index in [1.807, 2.05) is 27.7 Å². The van der Waals surface area contributed by atoms with Gasteiger partial charge in [-0.15, -0.1) is 6.10 Å². The van der Waals surface area contributed by atoms with Gasteiger partial charge in [-0.2, -0.15) is 10.1 Å². The third kappa shape index (κ3) is 7.70. The summed E-state index contributed by atoms with van der Waals surface area (Å²) >= 11 is 3.42. The van der Waals surface area contributed by atoms with Crippen molar-refractivity contribution in [1.82, 2.24) is 10.1 Å². The molecule has 2 N–H and O–H groups in total. The Morgan fingerprint density at radius 3 is 1.55 bits per heavy atom. The van der Waals surface area contributed by atoms with Crippen molar-refractivity contribution in [2.75, 3.05) is 11.9 Å². The first-order valence-electron chi connectivity index (χ1n) is 10.9. The highest BCUT2D eigenvalue weighted by molar-refractivity contribution is 9.09. The molecule has 0 radical (unpaired) electrons. The molecule has 2 heterocycles. The molecule has 2 fully saturated rings. The molecule has 2 rings (SSSR count). The minimum atomic E-state index is -0.543. The summed E-state index contributed by atoms with van der Waals surface area (Å²) in [4.78, 5) is 0. The molecule has 174 valence electrons. The minimum Gasteiger partial charge on any atom is -0.852 e. The van der Waals surface area contributed by atoms with E-state index >= 15 is 0 Å². The lowest BCUT2D eigenvalue weighted by atomic mass is 9.80. The van der Waals surface area contributed by atoms with Crippen molar-refractivity contribution < 1.29 is 20.3 Å². The molecule has 6 nitrogen and oxygen atoms in total. The molecule has 0 atom stereocenters. The number of hydroxylamine groups is 4. The van der Waals surface area contributed by atoms with Gasteiger partial charge >= 0.3 is 0 Å². The van der Waals surface area contributed by atoms with Gasteiger partial charge in [0.15, 0.2) is 0 Å². The van der Waals surface area contributed by atoms with E-state index in [9.17, 15) is 15.5 Å². The lowest BCUT2D eigenvalue weighted by molar-refractivity contribution is -0.448. The number of piperidine rings is 2. The number of rotatable bonds is 5. The molecule has 2 aliphatic rings. The minimum absolute atomic E-state index is 0.207. The Kier molecular flexibility index (Phi) is 9.63. The molecule has 0 bridgehead atoms. The first-order chi connectivity index (χ1) is 13.0. The fraction of sp³-hybridized carbons (Fsp3) is 1.00. The van der Waals surface area contributed by atoms with Crippen LogP contribution in [-0.4, -0.2) is 66.8 Å². The van der Waals surface area contributed by atoms with Crippen molar-refractivity contribution in [3.05, 3.63) is 0 Å². The Morgan fingerprint density at radius 1 is 0.793 bits per heavy atom. The molecule has 2 aliphatic heterocycles. The molecule has 0 aromatic heterocycles. The van der Waals surface area contributed by atoms with E-state index in [4.69, 9.17) is 4.74 Å². The van der Waals surface area contributed by atoms with Gasteiger partial charge in [0.2, 0.25) is 0 Å². The first kappa shape index (κ1) is 27.3. The maximum atomic E-state index is 11.4. The molecular weight excluding hydrogens is 436 g/mol. The molecule has 0 aromatic carbocycles. The highest BCUT2D eigenvalue weighted by Gasteiger charge is 2.45. The van der Waals surface area contributed by atoms with Gasteiger partial charge < -0.3 is 20.3 Å². The molecule has 0 saturated carbocycles. The summed E-state index contributed by atoms with van der Waals surface area (Å²) in [5, 5.41) is 35.2. The summed E-state index contributed by atoms with van der Waals surface area (Å²) in [6.45, 7) is 16.7. The van der Waals surface area contributed by atoms with Crippen LogP contribution in [-0.2, 0) is 4.74 Å². The Labute approximate surface area is 186 Å². The largest absolute Gasteiger partial charge is 0.852 e. The number of hydrogen-bond donors (Lipinski definition) is 2. The first-order valence-corrected chi connectivity index (χ1v) is 12.0. The summed E-state index contributed by atoms with van der Waals surface area (Å²) in [7, 11) is 0. The number of alkyl halides is 1. The number of nitrogens with zero attached hydrogens (tertiary/aromatic N) is 2. The van der Waals surface area contributed by atoms with E-state index in [1.54, 1.807) is 0 Å². The number of ether oxygens (including phenoxy) is 1. The van der Waals surface area contributed by atoms with Crippen LogP contribution in [0.4, 0.5) is 0 Å². The van der Waals surface area contributed by atoms with Crippen LogP contribution in [0.25, 0.3) is 0 Å². The standard InChI is InChI=1S/C13H26BrNO2.C9H18NO2/c1-12(2)9-11(17-8-6-5-7-14)10-13(3,4)15(12)16;1-8(2)5-7(11)6-9(3,4)10(8)12/h11,16H,5-10H2,1-4H3;7,12H,5-6H2,1-4H3/q;-1. The Balaban J connectivity index is 0.000000308. The Bertz CT molecular complexity index is 475. The van der Waals surface area contributed by atoms with E-state index in [0.717, 1.165) is 37.6 Å². The van der Waals surface area contributed by atoms with Gasteiger partial charge in [-0.3, -0.25) is 0 Å². The normalized spacial score (nSPS) is 27.3.